The number of nitrogens with zero attached hydrogens (tertiary/aromatic N) is 2. The molecule has 0 unspecified atom stereocenters. The van der Waals surface area contributed by atoms with Crippen molar-refractivity contribution in [2.24, 2.45) is 7.05 Å². The number of thioether (sulfide) groups is 1. The SMILES string of the molecule is Cn1nc(-c2cccc(SC(F)F)c2)cc1C(=O)O. The molecule has 0 atom stereocenters. The van der Waals surface area contributed by atoms with Crippen LogP contribution in [0.15, 0.2) is 35.2 Å². The van der Waals surface area contributed by atoms with E-state index in [2.05, 4.69) is 5.10 Å². The van der Waals surface area contributed by atoms with Crippen LogP contribution in [0.5, 0.6) is 0 Å². The number of halogens is 2. The van der Waals surface area contributed by atoms with Gasteiger partial charge in [0, 0.05) is 17.5 Å². The normalized spacial score (nSPS) is 10.9. The van der Waals surface area contributed by atoms with Crippen LogP contribution in [-0.4, -0.2) is 26.6 Å². The third-order valence-corrected chi connectivity index (χ3v) is 3.16. The molecule has 19 heavy (non-hydrogen) atoms. The summed E-state index contributed by atoms with van der Waals surface area (Å²) in [7, 11) is 1.52. The van der Waals surface area contributed by atoms with E-state index in [9.17, 15) is 13.6 Å². The van der Waals surface area contributed by atoms with Crippen LogP contribution in [0.25, 0.3) is 11.3 Å². The molecule has 0 saturated carbocycles. The second-order valence-corrected chi connectivity index (χ2v) is 4.81. The fourth-order valence-corrected chi connectivity index (χ4v) is 2.20. The zero-order valence-electron chi connectivity index (χ0n) is 9.88. The number of rotatable bonds is 4. The first-order valence-electron chi connectivity index (χ1n) is 5.30. The van der Waals surface area contributed by atoms with Gasteiger partial charge in [-0.1, -0.05) is 23.9 Å². The highest BCUT2D eigenvalue weighted by Gasteiger charge is 2.13. The Morgan fingerprint density at radius 2 is 2.16 bits per heavy atom. The van der Waals surface area contributed by atoms with Crippen LogP contribution >= 0.6 is 11.8 Å². The largest absolute Gasteiger partial charge is 0.477 e. The minimum Gasteiger partial charge on any atom is -0.477 e. The zero-order chi connectivity index (χ0) is 14.0. The molecule has 2 rings (SSSR count). The van der Waals surface area contributed by atoms with Gasteiger partial charge in [-0.15, -0.1) is 0 Å². The summed E-state index contributed by atoms with van der Waals surface area (Å²) in [4.78, 5) is 11.3. The lowest BCUT2D eigenvalue weighted by Gasteiger charge is -2.02. The Hall–Kier alpha value is -1.89. The smallest absolute Gasteiger partial charge is 0.354 e. The first kappa shape index (κ1) is 13.5. The number of benzene rings is 1. The fourth-order valence-electron chi connectivity index (χ4n) is 1.64. The molecule has 100 valence electrons. The molecule has 0 aliphatic carbocycles. The molecular weight excluding hydrogens is 274 g/mol. The molecule has 2 aromatic rings. The van der Waals surface area contributed by atoms with Crippen molar-refractivity contribution in [2.75, 3.05) is 0 Å². The minimum absolute atomic E-state index is 0.0434. The van der Waals surface area contributed by atoms with Gasteiger partial charge < -0.3 is 5.11 Å². The van der Waals surface area contributed by atoms with Crippen LogP contribution in [0.2, 0.25) is 0 Å². The van der Waals surface area contributed by atoms with Crippen LogP contribution in [-0.2, 0) is 7.05 Å². The summed E-state index contributed by atoms with van der Waals surface area (Å²) in [6, 6.07) is 7.87. The zero-order valence-corrected chi connectivity index (χ0v) is 10.7. The molecule has 7 heteroatoms. The van der Waals surface area contributed by atoms with Gasteiger partial charge in [0.2, 0.25) is 0 Å². The Bertz CT molecular complexity index is 614. The lowest BCUT2D eigenvalue weighted by Crippen LogP contribution is -2.04. The van der Waals surface area contributed by atoms with Gasteiger partial charge in [0.25, 0.3) is 5.76 Å². The average molecular weight is 284 g/mol. The van der Waals surface area contributed by atoms with Gasteiger partial charge in [0.1, 0.15) is 5.69 Å². The van der Waals surface area contributed by atoms with E-state index >= 15 is 0 Å². The lowest BCUT2D eigenvalue weighted by molar-refractivity contribution is 0.0685. The van der Waals surface area contributed by atoms with Crippen molar-refractivity contribution in [2.45, 2.75) is 10.7 Å². The number of aryl methyl sites for hydroxylation is 1. The second kappa shape index (κ2) is 5.40. The predicted molar refractivity (Wildman–Crippen MR) is 67.5 cm³/mol. The van der Waals surface area contributed by atoms with E-state index in [1.165, 1.54) is 17.8 Å². The van der Waals surface area contributed by atoms with Gasteiger partial charge >= 0.3 is 5.97 Å². The van der Waals surface area contributed by atoms with Crippen molar-refractivity contribution in [3.8, 4) is 11.3 Å². The number of aromatic carboxylic acids is 1. The molecule has 0 amide bonds. The number of carbonyl (C=O) groups is 1. The van der Waals surface area contributed by atoms with E-state index in [-0.39, 0.29) is 5.69 Å². The monoisotopic (exact) mass is 284 g/mol. The van der Waals surface area contributed by atoms with E-state index in [0.717, 1.165) is 0 Å². The van der Waals surface area contributed by atoms with Crippen LogP contribution in [0.3, 0.4) is 0 Å². The highest BCUT2D eigenvalue weighted by molar-refractivity contribution is 7.99. The molecule has 1 N–H and O–H groups in total. The maximum absolute atomic E-state index is 12.3. The van der Waals surface area contributed by atoms with Crippen LogP contribution in [0, 0.1) is 0 Å². The maximum atomic E-state index is 12.3. The standard InChI is InChI=1S/C12H10F2N2O2S/c1-16-10(11(17)18)6-9(15-16)7-3-2-4-8(5-7)19-12(13)14/h2-6,12H,1H3,(H,17,18). The lowest BCUT2D eigenvalue weighted by atomic mass is 10.1. The van der Waals surface area contributed by atoms with Gasteiger partial charge in [-0.05, 0) is 18.2 Å². The van der Waals surface area contributed by atoms with E-state index in [4.69, 9.17) is 5.11 Å². The number of carboxylic acids is 1. The topological polar surface area (TPSA) is 55.1 Å². The number of alkyl halides is 2. The molecule has 0 aliphatic heterocycles. The van der Waals surface area contributed by atoms with E-state index in [1.54, 1.807) is 24.3 Å². The van der Waals surface area contributed by atoms with E-state index in [1.807, 2.05) is 0 Å². The Morgan fingerprint density at radius 3 is 2.74 bits per heavy atom. The Labute approximate surface area is 112 Å². The summed E-state index contributed by atoms with van der Waals surface area (Å²) in [5.41, 5.74) is 1.09. The molecule has 0 fully saturated rings. The van der Waals surface area contributed by atoms with Gasteiger partial charge in [0.05, 0.1) is 5.69 Å². The van der Waals surface area contributed by atoms with E-state index < -0.39 is 11.7 Å². The Kier molecular flexibility index (Phi) is 3.84. The minimum atomic E-state index is -2.49. The molecule has 1 aromatic heterocycles. The van der Waals surface area contributed by atoms with Crippen molar-refractivity contribution in [3.63, 3.8) is 0 Å². The van der Waals surface area contributed by atoms with E-state index in [0.29, 0.717) is 27.9 Å². The summed E-state index contributed by atoms with van der Waals surface area (Å²) in [6.07, 6.45) is 0. The van der Waals surface area contributed by atoms with Crippen LogP contribution in [0.4, 0.5) is 8.78 Å². The average Bonchev–Trinajstić information content (AvgIpc) is 2.71. The van der Waals surface area contributed by atoms with Gasteiger partial charge in [-0.3, -0.25) is 4.68 Å². The quantitative estimate of drug-likeness (QED) is 0.876. The molecule has 0 bridgehead atoms. The van der Waals surface area contributed by atoms with Crippen molar-refractivity contribution < 1.29 is 18.7 Å². The van der Waals surface area contributed by atoms with Gasteiger partial charge in [-0.25, -0.2) is 4.79 Å². The van der Waals surface area contributed by atoms with Gasteiger partial charge in [0.15, 0.2) is 0 Å². The molecule has 1 aromatic carbocycles. The van der Waals surface area contributed by atoms with Crippen molar-refractivity contribution in [3.05, 3.63) is 36.0 Å². The van der Waals surface area contributed by atoms with Crippen LogP contribution < -0.4 is 0 Å². The number of aromatic nitrogens is 2. The summed E-state index contributed by atoms with van der Waals surface area (Å²) in [6.45, 7) is 0. The summed E-state index contributed by atoms with van der Waals surface area (Å²) < 4.78 is 25.8. The number of carboxylic acid groups (broad SMARTS) is 1. The number of hydrogen-bond acceptors (Lipinski definition) is 3. The first-order chi connectivity index (χ1) is 8.97. The molecule has 0 radical (unpaired) electrons. The summed E-state index contributed by atoms with van der Waals surface area (Å²) >= 11 is 0.440. The first-order valence-corrected chi connectivity index (χ1v) is 6.18. The molecule has 0 aliphatic rings. The van der Waals surface area contributed by atoms with Crippen molar-refractivity contribution in [1.82, 2.24) is 9.78 Å². The van der Waals surface area contributed by atoms with Crippen molar-refractivity contribution in [1.29, 1.82) is 0 Å². The Balaban J connectivity index is 2.36. The highest BCUT2D eigenvalue weighted by Crippen LogP contribution is 2.29. The fraction of sp³-hybridized carbons (Fsp3) is 0.167. The predicted octanol–water partition coefficient (Wildman–Crippen LogP) is 3.10. The molecular formula is C12H10F2N2O2S. The third kappa shape index (κ3) is 3.11. The second-order valence-electron chi connectivity index (χ2n) is 3.75. The molecule has 1 heterocycles. The third-order valence-electron chi connectivity index (χ3n) is 2.45. The molecule has 0 saturated heterocycles. The summed E-state index contributed by atoms with van der Waals surface area (Å²) in [5, 5.41) is 13.0. The van der Waals surface area contributed by atoms with Crippen molar-refractivity contribution >= 4 is 17.7 Å². The molecule has 0 spiro atoms. The molecule has 4 nitrogen and oxygen atoms in total. The maximum Gasteiger partial charge on any atom is 0.354 e. The summed E-state index contributed by atoms with van der Waals surface area (Å²) in [5.74, 6) is -3.58. The number of hydrogen-bond donors (Lipinski definition) is 1. The highest BCUT2D eigenvalue weighted by atomic mass is 32.2. The van der Waals surface area contributed by atoms with Gasteiger partial charge in [-0.2, -0.15) is 13.9 Å². The Morgan fingerprint density at radius 1 is 1.42 bits per heavy atom. The van der Waals surface area contributed by atoms with Crippen LogP contribution in [0.1, 0.15) is 10.5 Å².